The number of aliphatic hydroxyl groups excluding tert-OH is 1. The van der Waals surface area contributed by atoms with Gasteiger partial charge >= 0.3 is 6.09 Å². The summed E-state index contributed by atoms with van der Waals surface area (Å²) in [5, 5.41) is 15.2. The number of likely N-dealkylation sites (tertiary alicyclic amines) is 1. The smallest absolute Gasteiger partial charge is 0.410 e. The van der Waals surface area contributed by atoms with E-state index in [9.17, 15) is 9.90 Å². The summed E-state index contributed by atoms with van der Waals surface area (Å²) in [7, 11) is -2.09. The maximum Gasteiger partial charge on any atom is 0.410 e. The lowest BCUT2D eigenvalue weighted by atomic mass is 10.1. The molecule has 0 unspecified atom stereocenters. The van der Waals surface area contributed by atoms with Gasteiger partial charge in [0.2, 0.25) is 0 Å². The number of hydrogen-bond donors (Lipinski definition) is 1. The number of aliphatic hydroxyl groups is 1. The molecule has 7 nitrogen and oxygen atoms in total. The van der Waals surface area contributed by atoms with Crippen molar-refractivity contribution in [1.29, 1.82) is 0 Å². The van der Waals surface area contributed by atoms with E-state index in [2.05, 4.69) is 39.0 Å². The molecule has 1 N–H and O–H groups in total. The third kappa shape index (κ3) is 5.33. The first-order valence-corrected chi connectivity index (χ1v) is 12.4. The van der Waals surface area contributed by atoms with E-state index in [1.807, 2.05) is 33.0 Å². The first-order valence-electron chi connectivity index (χ1n) is 9.54. The summed E-state index contributed by atoms with van der Waals surface area (Å²) in [6.07, 6.45) is 1.85. The molecule has 1 aliphatic rings. The number of amides is 1. The Labute approximate surface area is 163 Å². The molecule has 1 fully saturated rings. The molecule has 3 atom stereocenters. The molecule has 2 rings (SSSR count). The average molecular weight is 398 g/mol. The predicted octanol–water partition coefficient (Wildman–Crippen LogP) is 3.25. The second-order valence-electron chi connectivity index (χ2n) is 9.84. The largest absolute Gasteiger partial charge is 0.444 e. The number of aromatic nitrogens is 2. The van der Waals surface area contributed by atoms with Crippen LogP contribution in [-0.2, 0) is 15.7 Å². The molecule has 1 aromatic heterocycles. The van der Waals surface area contributed by atoms with Crippen LogP contribution in [0.5, 0.6) is 0 Å². The van der Waals surface area contributed by atoms with Crippen molar-refractivity contribution in [2.75, 3.05) is 6.54 Å². The lowest BCUT2D eigenvalue weighted by Gasteiger charge is -2.39. The summed E-state index contributed by atoms with van der Waals surface area (Å²) in [5.41, 5.74) is -0.601. The second-order valence-corrected chi connectivity index (χ2v) is 14.6. The summed E-state index contributed by atoms with van der Waals surface area (Å²) in [6.45, 7) is 17.0. The van der Waals surface area contributed by atoms with Gasteiger partial charge in [0.15, 0.2) is 8.32 Å². The van der Waals surface area contributed by atoms with Crippen LogP contribution in [0.1, 0.15) is 41.5 Å². The molecule has 1 aromatic rings. The fourth-order valence-corrected chi connectivity index (χ4v) is 4.19. The topological polar surface area (TPSA) is 76.8 Å². The minimum atomic E-state index is -2.09. The van der Waals surface area contributed by atoms with Gasteiger partial charge in [-0.15, -0.1) is 0 Å². The van der Waals surface area contributed by atoms with Gasteiger partial charge in [0.25, 0.3) is 0 Å². The molecule has 1 amide bonds. The Balaban J connectivity index is 2.23. The van der Waals surface area contributed by atoms with Crippen LogP contribution in [0.3, 0.4) is 0 Å². The highest BCUT2D eigenvalue weighted by Gasteiger charge is 2.49. The van der Waals surface area contributed by atoms with Crippen molar-refractivity contribution in [1.82, 2.24) is 14.7 Å². The van der Waals surface area contributed by atoms with Crippen LogP contribution in [0.15, 0.2) is 18.5 Å². The molecule has 0 aromatic carbocycles. The van der Waals surface area contributed by atoms with Crippen molar-refractivity contribution < 1.29 is 19.1 Å². The van der Waals surface area contributed by atoms with E-state index in [-0.39, 0.29) is 5.04 Å². The van der Waals surface area contributed by atoms with Crippen LogP contribution >= 0.6 is 0 Å². The van der Waals surface area contributed by atoms with Gasteiger partial charge < -0.3 is 14.3 Å². The van der Waals surface area contributed by atoms with Crippen molar-refractivity contribution >= 4 is 14.4 Å². The highest BCUT2D eigenvalue weighted by Crippen LogP contribution is 2.39. The van der Waals surface area contributed by atoms with E-state index in [0.717, 1.165) is 0 Å². The molecular weight excluding hydrogens is 362 g/mol. The quantitative estimate of drug-likeness (QED) is 0.789. The van der Waals surface area contributed by atoms with Crippen molar-refractivity contribution in [3.8, 4) is 0 Å². The van der Waals surface area contributed by atoms with Crippen LogP contribution in [0.4, 0.5) is 4.79 Å². The van der Waals surface area contributed by atoms with Gasteiger partial charge in [-0.2, -0.15) is 5.10 Å². The zero-order chi connectivity index (χ0) is 20.6. The van der Waals surface area contributed by atoms with Gasteiger partial charge in [0.05, 0.1) is 25.2 Å². The van der Waals surface area contributed by atoms with E-state index in [1.54, 1.807) is 15.8 Å². The van der Waals surface area contributed by atoms with Crippen LogP contribution < -0.4 is 0 Å². The van der Waals surface area contributed by atoms with Crippen molar-refractivity contribution in [3.63, 3.8) is 0 Å². The fraction of sp³-hybridized carbons (Fsp3) is 0.789. The zero-order valence-corrected chi connectivity index (χ0v) is 18.9. The lowest BCUT2D eigenvalue weighted by molar-refractivity contribution is 0.0107. The molecule has 0 bridgehead atoms. The SMILES string of the molecule is CC(C)(C)OC(=O)N1C[C@H](O[Si](C)(C)C(C)(C)C)[C@@H](O)[C@H]1Cn1cccn1. The first-order chi connectivity index (χ1) is 12.2. The Morgan fingerprint density at radius 1 is 1.26 bits per heavy atom. The molecule has 0 aliphatic carbocycles. The Morgan fingerprint density at radius 2 is 1.89 bits per heavy atom. The predicted molar refractivity (Wildman–Crippen MR) is 107 cm³/mol. The van der Waals surface area contributed by atoms with Gasteiger partial charge in [-0.05, 0) is 45.0 Å². The molecule has 0 radical (unpaired) electrons. The maximum absolute atomic E-state index is 12.8. The van der Waals surface area contributed by atoms with Crippen LogP contribution in [-0.4, -0.2) is 64.6 Å². The maximum atomic E-state index is 12.8. The Morgan fingerprint density at radius 3 is 2.37 bits per heavy atom. The van der Waals surface area contributed by atoms with Crippen molar-refractivity contribution in [3.05, 3.63) is 18.5 Å². The molecule has 0 spiro atoms. The first kappa shape index (κ1) is 21.9. The third-order valence-corrected chi connectivity index (χ3v) is 9.87. The molecule has 27 heavy (non-hydrogen) atoms. The number of carbonyl (C=O) groups excluding carboxylic acids is 1. The molecule has 1 saturated heterocycles. The molecule has 8 heteroatoms. The van der Waals surface area contributed by atoms with Crippen LogP contribution in [0.25, 0.3) is 0 Å². The van der Waals surface area contributed by atoms with Gasteiger partial charge in [-0.3, -0.25) is 9.58 Å². The molecule has 1 aliphatic heterocycles. The van der Waals surface area contributed by atoms with Crippen molar-refractivity contribution in [2.45, 2.75) is 90.1 Å². The summed E-state index contributed by atoms with van der Waals surface area (Å²) in [4.78, 5) is 14.4. The van der Waals surface area contributed by atoms with Crippen LogP contribution in [0.2, 0.25) is 18.1 Å². The standard InChI is InChI=1S/C19H35N3O4Si/c1-18(2,3)25-17(24)22-13-15(26-27(7,8)19(4,5)6)16(23)14(22)12-21-11-9-10-20-21/h9-11,14-16,23H,12-13H2,1-8H3/t14-,15+,16+/m1/s1. The highest BCUT2D eigenvalue weighted by molar-refractivity contribution is 6.74. The zero-order valence-electron chi connectivity index (χ0n) is 17.9. The number of carbonyl (C=O) groups is 1. The van der Waals surface area contributed by atoms with Gasteiger partial charge in [-0.25, -0.2) is 4.79 Å². The van der Waals surface area contributed by atoms with Gasteiger partial charge in [0, 0.05) is 12.4 Å². The normalized spacial score (nSPS) is 24.3. The lowest BCUT2D eigenvalue weighted by Crippen LogP contribution is -2.48. The summed E-state index contributed by atoms with van der Waals surface area (Å²) in [6, 6.07) is 1.37. The third-order valence-electron chi connectivity index (χ3n) is 5.37. The second kappa shape index (κ2) is 7.56. The summed E-state index contributed by atoms with van der Waals surface area (Å²) in [5.74, 6) is 0. The molecule has 0 saturated carbocycles. The molecule has 154 valence electrons. The number of ether oxygens (including phenoxy) is 1. The van der Waals surface area contributed by atoms with Crippen LogP contribution in [0, 0.1) is 0 Å². The minimum Gasteiger partial charge on any atom is -0.444 e. The fourth-order valence-electron chi connectivity index (χ4n) is 2.87. The average Bonchev–Trinajstić information content (AvgIpc) is 3.07. The molecule has 2 heterocycles. The van der Waals surface area contributed by atoms with Gasteiger partial charge in [-0.1, -0.05) is 20.8 Å². The summed E-state index contributed by atoms with van der Waals surface area (Å²) < 4.78 is 13.7. The van der Waals surface area contributed by atoms with E-state index >= 15 is 0 Å². The Kier molecular flexibility index (Phi) is 6.14. The number of hydrogen-bond acceptors (Lipinski definition) is 5. The highest BCUT2D eigenvalue weighted by atomic mass is 28.4. The van der Waals surface area contributed by atoms with E-state index in [0.29, 0.717) is 13.1 Å². The van der Waals surface area contributed by atoms with E-state index in [1.165, 1.54) is 0 Å². The van der Waals surface area contributed by atoms with Gasteiger partial charge in [0.1, 0.15) is 11.7 Å². The Hall–Kier alpha value is -1.38. The van der Waals surface area contributed by atoms with E-state index in [4.69, 9.17) is 9.16 Å². The number of rotatable bonds is 4. The summed E-state index contributed by atoms with van der Waals surface area (Å²) >= 11 is 0. The molecular formula is C19H35N3O4Si. The monoisotopic (exact) mass is 397 g/mol. The van der Waals surface area contributed by atoms with E-state index < -0.39 is 38.3 Å². The Bertz CT molecular complexity index is 634. The van der Waals surface area contributed by atoms with Crippen molar-refractivity contribution in [2.24, 2.45) is 0 Å². The number of nitrogens with zero attached hydrogens (tertiary/aromatic N) is 3. The minimum absolute atomic E-state index is 0.0174.